The van der Waals surface area contributed by atoms with Crippen molar-refractivity contribution in [3.8, 4) is 0 Å². The first kappa shape index (κ1) is 22.9. The number of amides is 2. The summed E-state index contributed by atoms with van der Waals surface area (Å²) in [6.07, 6.45) is 3.50. The fourth-order valence-corrected chi connectivity index (χ4v) is 3.75. The zero-order valence-electron chi connectivity index (χ0n) is 18.2. The van der Waals surface area contributed by atoms with Crippen LogP contribution in [0.3, 0.4) is 0 Å². The van der Waals surface area contributed by atoms with E-state index >= 15 is 0 Å². The van der Waals surface area contributed by atoms with Crippen molar-refractivity contribution in [2.45, 2.75) is 10.9 Å². The molecule has 34 heavy (non-hydrogen) atoms. The molecule has 0 aliphatic heterocycles. The summed E-state index contributed by atoms with van der Waals surface area (Å²) in [5, 5.41) is 14.1. The van der Waals surface area contributed by atoms with Gasteiger partial charge in [0.2, 0.25) is 0 Å². The highest BCUT2D eigenvalue weighted by Gasteiger charge is 2.27. The third-order valence-electron chi connectivity index (χ3n) is 5.08. The Balaban J connectivity index is 1.64. The van der Waals surface area contributed by atoms with Crippen molar-refractivity contribution in [1.29, 1.82) is 0 Å². The third kappa shape index (κ3) is 5.21. The molecule has 4 aromatic rings. The van der Waals surface area contributed by atoms with Gasteiger partial charge in [-0.2, -0.15) is 10.2 Å². The number of carbonyl (C=O) groups is 2. The highest BCUT2D eigenvalue weighted by molar-refractivity contribution is 7.98. The van der Waals surface area contributed by atoms with Crippen molar-refractivity contribution < 1.29 is 9.59 Å². The van der Waals surface area contributed by atoms with Crippen molar-refractivity contribution in [2.75, 3.05) is 6.26 Å². The quantitative estimate of drug-likeness (QED) is 0.217. The minimum Gasteiger partial charge on any atom is -0.335 e. The van der Waals surface area contributed by atoms with Gasteiger partial charge in [0, 0.05) is 15.8 Å². The molecule has 0 spiro atoms. The summed E-state index contributed by atoms with van der Waals surface area (Å²) in [6.45, 7) is 0. The lowest BCUT2D eigenvalue weighted by molar-refractivity contribution is -0.123. The van der Waals surface area contributed by atoms with Crippen LogP contribution in [-0.2, 0) is 4.79 Å². The molecule has 3 aromatic carbocycles. The molecule has 4 rings (SSSR count). The molecule has 1 atom stereocenters. The van der Waals surface area contributed by atoms with E-state index in [1.54, 1.807) is 66.4 Å². The van der Waals surface area contributed by atoms with Crippen molar-refractivity contribution in [3.63, 3.8) is 0 Å². The number of nitrogens with zero attached hydrogens (tertiary/aromatic N) is 2. The van der Waals surface area contributed by atoms with Crippen LogP contribution in [-0.4, -0.2) is 34.5 Å². The van der Waals surface area contributed by atoms with E-state index in [2.05, 4.69) is 26.0 Å². The number of thioether (sulfide) groups is 1. The molecule has 0 radical (unpaired) electrons. The summed E-state index contributed by atoms with van der Waals surface area (Å²) in [5.74, 6) is -1.07. The Morgan fingerprint density at radius 2 is 1.65 bits per heavy atom. The number of nitrogens with one attached hydrogen (secondary N) is 3. The number of aromatic amines is 1. The predicted octanol–water partition coefficient (Wildman–Crippen LogP) is 3.27. The van der Waals surface area contributed by atoms with E-state index in [-0.39, 0.29) is 11.3 Å². The van der Waals surface area contributed by atoms with Gasteiger partial charge in [-0.25, -0.2) is 10.5 Å². The molecule has 0 bridgehead atoms. The van der Waals surface area contributed by atoms with Crippen molar-refractivity contribution >= 4 is 40.6 Å². The number of aromatic nitrogens is 2. The maximum atomic E-state index is 13.2. The number of carbonyl (C=O) groups excluding carboxylic acids is 2. The van der Waals surface area contributed by atoms with Gasteiger partial charge in [0.15, 0.2) is 6.04 Å². The highest BCUT2D eigenvalue weighted by atomic mass is 32.2. The van der Waals surface area contributed by atoms with Gasteiger partial charge >= 0.3 is 0 Å². The Hall–Kier alpha value is -4.24. The molecule has 170 valence electrons. The average Bonchev–Trinajstić information content (AvgIpc) is 2.88. The normalized spacial score (nSPS) is 11.9. The zero-order valence-corrected chi connectivity index (χ0v) is 19.0. The second-order valence-corrected chi connectivity index (χ2v) is 8.14. The smallest absolute Gasteiger partial charge is 0.272 e. The first-order valence-corrected chi connectivity index (χ1v) is 11.6. The topological polar surface area (TPSA) is 116 Å². The third-order valence-corrected chi connectivity index (χ3v) is 5.82. The Bertz CT molecular complexity index is 1400. The first-order chi connectivity index (χ1) is 16.6. The summed E-state index contributed by atoms with van der Waals surface area (Å²) in [7, 11) is 0. The number of hydrazone groups is 1. The van der Waals surface area contributed by atoms with Crippen LogP contribution in [0, 0.1) is 0 Å². The number of hydrogen-bond acceptors (Lipinski definition) is 6. The second-order valence-electron chi connectivity index (χ2n) is 7.26. The van der Waals surface area contributed by atoms with Gasteiger partial charge in [0.25, 0.3) is 17.4 Å². The lowest BCUT2D eigenvalue weighted by Gasteiger charge is -2.18. The largest absolute Gasteiger partial charge is 0.335 e. The fourth-order valence-electron chi connectivity index (χ4n) is 3.34. The van der Waals surface area contributed by atoms with Gasteiger partial charge in [-0.15, -0.1) is 11.8 Å². The Labute approximate surface area is 199 Å². The number of H-pyrrole nitrogens is 1. The van der Waals surface area contributed by atoms with Gasteiger partial charge in [0.05, 0.1) is 11.6 Å². The molecule has 0 saturated heterocycles. The van der Waals surface area contributed by atoms with E-state index in [0.29, 0.717) is 16.3 Å². The van der Waals surface area contributed by atoms with E-state index in [0.717, 1.165) is 10.5 Å². The summed E-state index contributed by atoms with van der Waals surface area (Å²) in [5.41, 5.74) is 3.47. The lowest BCUT2D eigenvalue weighted by Crippen LogP contribution is -2.40. The average molecular weight is 472 g/mol. The van der Waals surface area contributed by atoms with E-state index in [1.807, 2.05) is 30.5 Å². The molecule has 0 fully saturated rings. The van der Waals surface area contributed by atoms with Crippen LogP contribution in [0.25, 0.3) is 10.8 Å². The fraction of sp³-hybridized carbons (Fsp3) is 0.0800. The predicted molar refractivity (Wildman–Crippen MR) is 133 cm³/mol. The number of fused-ring (bicyclic) bond motifs is 1. The van der Waals surface area contributed by atoms with Crippen LogP contribution < -0.4 is 16.3 Å². The van der Waals surface area contributed by atoms with E-state index < -0.39 is 17.9 Å². The molecule has 9 heteroatoms. The molecule has 3 N–H and O–H groups in total. The minimum atomic E-state index is -1.20. The molecule has 0 aliphatic rings. The van der Waals surface area contributed by atoms with Gasteiger partial charge in [-0.05, 0) is 42.2 Å². The molecule has 0 saturated carbocycles. The van der Waals surface area contributed by atoms with Crippen molar-refractivity contribution in [1.82, 2.24) is 20.9 Å². The highest BCUT2D eigenvalue weighted by Crippen LogP contribution is 2.20. The van der Waals surface area contributed by atoms with Crippen LogP contribution in [0.15, 0.2) is 93.7 Å². The Morgan fingerprint density at radius 1 is 0.971 bits per heavy atom. The number of hydrogen-bond donors (Lipinski definition) is 3. The van der Waals surface area contributed by atoms with Gasteiger partial charge in [-0.1, -0.05) is 48.5 Å². The molecule has 2 amide bonds. The summed E-state index contributed by atoms with van der Waals surface area (Å²) in [6, 6.07) is 21.7. The molecule has 1 heterocycles. The molecule has 8 nitrogen and oxygen atoms in total. The standard InChI is InChI=1S/C25H21N5O3S/c1-34-18-13-11-16(12-14-18)15-26-29-25(33)22(27-23(31)17-7-3-2-4-8-17)21-19-9-5-6-10-20(19)24(32)30-28-21/h2-15,22H,1H3,(H,27,31)(H,29,33)(H,30,32)/b26-15-. The van der Waals surface area contributed by atoms with Crippen LogP contribution in [0.2, 0.25) is 0 Å². The van der Waals surface area contributed by atoms with E-state index in [4.69, 9.17) is 0 Å². The monoisotopic (exact) mass is 471 g/mol. The molecule has 0 aliphatic carbocycles. The summed E-state index contributed by atoms with van der Waals surface area (Å²) < 4.78 is 0. The molecule has 1 unspecified atom stereocenters. The Kier molecular flexibility index (Phi) is 7.14. The second kappa shape index (κ2) is 10.6. The molecular weight excluding hydrogens is 450 g/mol. The zero-order chi connectivity index (χ0) is 23.9. The summed E-state index contributed by atoms with van der Waals surface area (Å²) in [4.78, 5) is 39.3. The van der Waals surface area contributed by atoms with Crippen LogP contribution >= 0.6 is 11.8 Å². The van der Waals surface area contributed by atoms with E-state index in [1.165, 1.54) is 6.21 Å². The van der Waals surface area contributed by atoms with Crippen LogP contribution in [0.4, 0.5) is 0 Å². The minimum absolute atomic E-state index is 0.205. The maximum Gasteiger partial charge on any atom is 0.272 e. The molecule has 1 aromatic heterocycles. The SMILES string of the molecule is CSc1ccc(/C=N\NC(=O)C(NC(=O)c2ccccc2)c2n[nH]c(=O)c3ccccc23)cc1. The first-order valence-electron chi connectivity index (χ1n) is 10.4. The van der Waals surface area contributed by atoms with Gasteiger partial charge in [0.1, 0.15) is 5.69 Å². The van der Waals surface area contributed by atoms with Gasteiger partial charge < -0.3 is 5.32 Å². The summed E-state index contributed by atoms with van der Waals surface area (Å²) >= 11 is 1.63. The van der Waals surface area contributed by atoms with Crippen LogP contribution in [0.5, 0.6) is 0 Å². The van der Waals surface area contributed by atoms with Crippen molar-refractivity contribution in [3.05, 3.63) is 106 Å². The molecular formula is C25H21N5O3S. The van der Waals surface area contributed by atoms with Gasteiger partial charge in [-0.3, -0.25) is 14.4 Å². The van der Waals surface area contributed by atoms with Crippen molar-refractivity contribution in [2.24, 2.45) is 5.10 Å². The number of rotatable bonds is 7. The maximum absolute atomic E-state index is 13.2. The number of benzene rings is 3. The Morgan fingerprint density at radius 3 is 2.35 bits per heavy atom. The van der Waals surface area contributed by atoms with Crippen LogP contribution in [0.1, 0.15) is 27.7 Å². The lowest BCUT2D eigenvalue weighted by atomic mass is 10.0. The van der Waals surface area contributed by atoms with E-state index in [9.17, 15) is 14.4 Å².